The van der Waals surface area contributed by atoms with E-state index >= 15 is 0 Å². The summed E-state index contributed by atoms with van der Waals surface area (Å²) in [6.45, 7) is 1.43. The lowest BCUT2D eigenvalue weighted by Gasteiger charge is -2.08. The number of hydrogen-bond acceptors (Lipinski definition) is 3. The Morgan fingerprint density at radius 3 is 2.47 bits per heavy atom. The number of nitrogens with one attached hydrogen (secondary N) is 2. The van der Waals surface area contributed by atoms with Gasteiger partial charge in [0.15, 0.2) is 5.78 Å². The maximum Gasteiger partial charge on any atom is 0.272 e. The summed E-state index contributed by atoms with van der Waals surface area (Å²) in [6, 6.07) is 11.0. The molecule has 0 saturated heterocycles. The maximum absolute atomic E-state index is 11.9. The van der Waals surface area contributed by atoms with Crippen LogP contribution in [0.4, 0.5) is 5.69 Å². The van der Waals surface area contributed by atoms with Crippen molar-refractivity contribution in [2.24, 2.45) is 0 Å². The molecule has 2 aromatic rings. The Balaban J connectivity index is 2.29. The van der Waals surface area contributed by atoms with Crippen LogP contribution in [-0.4, -0.2) is 16.7 Å². The monoisotopic (exact) mass is 256 g/mol. The number of aromatic amines is 1. The average molecular weight is 256 g/mol. The molecule has 0 fully saturated rings. The van der Waals surface area contributed by atoms with E-state index in [9.17, 15) is 14.4 Å². The Morgan fingerprint density at radius 1 is 1.05 bits per heavy atom. The minimum atomic E-state index is -0.466. The van der Waals surface area contributed by atoms with E-state index in [2.05, 4.69) is 10.3 Å². The Bertz CT molecular complexity index is 689. The smallest absolute Gasteiger partial charge is 0.272 e. The molecule has 96 valence electrons. The van der Waals surface area contributed by atoms with Gasteiger partial charge in [0.05, 0.1) is 5.69 Å². The van der Waals surface area contributed by atoms with Gasteiger partial charge in [-0.1, -0.05) is 18.2 Å². The fraction of sp³-hybridized carbons (Fsp3) is 0.0714. The van der Waals surface area contributed by atoms with Crippen LogP contribution in [0.25, 0.3) is 0 Å². The Labute approximate surface area is 109 Å². The van der Waals surface area contributed by atoms with Gasteiger partial charge in [-0.15, -0.1) is 0 Å². The fourth-order valence-corrected chi connectivity index (χ4v) is 1.67. The van der Waals surface area contributed by atoms with Gasteiger partial charge in [0.25, 0.3) is 5.91 Å². The minimum absolute atomic E-state index is 0.141. The number of pyridine rings is 1. The number of carbonyl (C=O) groups excluding carboxylic acids is 2. The van der Waals surface area contributed by atoms with E-state index in [0.29, 0.717) is 11.3 Å². The number of H-pyrrole nitrogens is 1. The van der Waals surface area contributed by atoms with Crippen molar-refractivity contribution < 1.29 is 9.59 Å². The lowest BCUT2D eigenvalue weighted by atomic mass is 10.1. The molecule has 1 amide bonds. The van der Waals surface area contributed by atoms with Gasteiger partial charge < -0.3 is 10.3 Å². The van der Waals surface area contributed by atoms with E-state index in [0.717, 1.165) is 0 Å². The van der Waals surface area contributed by atoms with Crippen LogP contribution in [0.3, 0.4) is 0 Å². The molecule has 0 aliphatic rings. The van der Waals surface area contributed by atoms with Gasteiger partial charge in [0, 0.05) is 11.6 Å². The highest BCUT2D eigenvalue weighted by molar-refractivity contribution is 6.08. The van der Waals surface area contributed by atoms with Gasteiger partial charge in [0.1, 0.15) is 5.69 Å². The molecule has 19 heavy (non-hydrogen) atoms. The van der Waals surface area contributed by atoms with Crippen LogP contribution in [0.15, 0.2) is 47.3 Å². The predicted molar refractivity (Wildman–Crippen MR) is 71.5 cm³/mol. The van der Waals surface area contributed by atoms with Crippen molar-refractivity contribution in [1.29, 1.82) is 0 Å². The molecule has 1 heterocycles. The fourth-order valence-electron chi connectivity index (χ4n) is 1.67. The molecule has 0 saturated carbocycles. The zero-order valence-corrected chi connectivity index (χ0v) is 10.3. The largest absolute Gasteiger partial charge is 0.320 e. The van der Waals surface area contributed by atoms with E-state index in [-0.39, 0.29) is 17.0 Å². The highest BCUT2D eigenvalue weighted by Crippen LogP contribution is 2.16. The predicted octanol–water partition coefficient (Wildman–Crippen LogP) is 1.83. The number of hydrogen-bond donors (Lipinski definition) is 2. The molecule has 0 aliphatic heterocycles. The van der Waals surface area contributed by atoms with Gasteiger partial charge in [-0.2, -0.15) is 0 Å². The van der Waals surface area contributed by atoms with Crippen molar-refractivity contribution in [1.82, 2.24) is 4.98 Å². The summed E-state index contributed by atoms with van der Waals surface area (Å²) in [6.07, 6.45) is 0. The highest BCUT2D eigenvalue weighted by atomic mass is 16.2. The van der Waals surface area contributed by atoms with Crippen molar-refractivity contribution >= 4 is 17.4 Å². The van der Waals surface area contributed by atoms with E-state index in [1.54, 1.807) is 24.3 Å². The first-order valence-electron chi connectivity index (χ1n) is 5.68. The number of benzene rings is 1. The summed E-state index contributed by atoms with van der Waals surface area (Å²) in [5, 5.41) is 2.61. The third-order valence-electron chi connectivity index (χ3n) is 2.57. The van der Waals surface area contributed by atoms with Crippen LogP contribution in [0.1, 0.15) is 27.8 Å². The lowest BCUT2D eigenvalue weighted by Crippen LogP contribution is -2.19. The van der Waals surface area contributed by atoms with Gasteiger partial charge in [0.2, 0.25) is 5.56 Å². The highest BCUT2D eigenvalue weighted by Gasteiger charge is 2.11. The molecule has 0 bridgehead atoms. The summed E-state index contributed by atoms with van der Waals surface area (Å²) in [5.41, 5.74) is 0.636. The molecule has 5 heteroatoms. The minimum Gasteiger partial charge on any atom is -0.320 e. The van der Waals surface area contributed by atoms with Crippen molar-refractivity contribution in [2.45, 2.75) is 6.92 Å². The summed E-state index contributed by atoms with van der Waals surface area (Å²) in [4.78, 5) is 36.9. The number of Topliss-reactive ketones (excluding diaryl/α,β-unsaturated/α-hetero) is 1. The first-order chi connectivity index (χ1) is 9.08. The molecule has 0 aliphatic carbocycles. The summed E-state index contributed by atoms with van der Waals surface area (Å²) in [5.74, 6) is -0.608. The molecular weight excluding hydrogens is 244 g/mol. The molecule has 5 nitrogen and oxygen atoms in total. The number of para-hydroxylation sites is 1. The third-order valence-corrected chi connectivity index (χ3v) is 2.57. The number of rotatable bonds is 3. The Morgan fingerprint density at radius 2 is 1.79 bits per heavy atom. The van der Waals surface area contributed by atoms with E-state index in [4.69, 9.17) is 0 Å². The van der Waals surface area contributed by atoms with Crippen molar-refractivity contribution in [3.05, 3.63) is 64.1 Å². The third kappa shape index (κ3) is 2.95. The van der Waals surface area contributed by atoms with Crippen LogP contribution in [0.5, 0.6) is 0 Å². The van der Waals surface area contributed by atoms with E-state index < -0.39 is 5.91 Å². The van der Waals surface area contributed by atoms with Crippen molar-refractivity contribution in [3.63, 3.8) is 0 Å². The average Bonchev–Trinajstić information content (AvgIpc) is 2.39. The molecule has 2 rings (SSSR count). The molecular formula is C14H12N2O3. The molecule has 0 unspecified atom stereocenters. The molecule has 1 aromatic carbocycles. The van der Waals surface area contributed by atoms with Gasteiger partial charge >= 0.3 is 0 Å². The van der Waals surface area contributed by atoms with Gasteiger partial charge in [-0.05, 0) is 25.1 Å². The maximum atomic E-state index is 11.9. The molecule has 0 spiro atoms. The van der Waals surface area contributed by atoms with Crippen LogP contribution in [-0.2, 0) is 0 Å². The second kappa shape index (κ2) is 5.30. The second-order valence-electron chi connectivity index (χ2n) is 3.98. The second-order valence-corrected chi connectivity index (χ2v) is 3.98. The van der Waals surface area contributed by atoms with Crippen LogP contribution in [0.2, 0.25) is 0 Å². The summed E-state index contributed by atoms with van der Waals surface area (Å²) in [7, 11) is 0. The zero-order valence-electron chi connectivity index (χ0n) is 10.3. The first-order valence-corrected chi connectivity index (χ1v) is 5.68. The summed E-state index contributed by atoms with van der Waals surface area (Å²) < 4.78 is 0. The van der Waals surface area contributed by atoms with Crippen LogP contribution in [0, 0.1) is 0 Å². The zero-order chi connectivity index (χ0) is 13.8. The number of amides is 1. The van der Waals surface area contributed by atoms with Gasteiger partial charge in [-0.25, -0.2) is 0 Å². The molecule has 0 radical (unpaired) electrons. The number of aromatic nitrogens is 1. The van der Waals surface area contributed by atoms with Crippen LogP contribution < -0.4 is 10.9 Å². The van der Waals surface area contributed by atoms with Crippen molar-refractivity contribution in [2.75, 3.05) is 5.32 Å². The van der Waals surface area contributed by atoms with Crippen molar-refractivity contribution in [3.8, 4) is 0 Å². The molecule has 0 atom stereocenters. The first kappa shape index (κ1) is 12.8. The normalized spacial score (nSPS) is 9.95. The Hall–Kier alpha value is -2.69. The SMILES string of the molecule is CC(=O)c1ccccc1NC(=O)c1cccc(=O)[nH]1. The molecule has 2 N–H and O–H groups in total. The van der Waals surface area contributed by atoms with E-state index in [1.807, 2.05) is 0 Å². The standard InChI is InChI=1S/C14H12N2O3/c1-9(17)10-5-2-3-6-11(10)16-14(19)12-7-4-8-13(18)15-12/h2-8H,1H3,(H,15,18)(H,16,19). The Kier molecular flexibility index (Phi) is 3.56. The molecule has 1 aromatic heterocycles. The van der Waals surface area contributed by atoms with E-state index in [1.165, 1.54) is 25.1 Å². The quantitative estimate of drug-likeness (QED) is 0.822. The number of anilines is 1. The lowest BCUT2D eigenvalue weighted by molar-refractivity contribution is 0.101. The topological polar surface area (TPSA) is 79.0 Å². The number of carbonyl (C=O) groups is 2. The summed E-state index contributed by atoms with van der Waals surface area (Å²) >= 11 is 0. The van der Waals surface area contributed by atoms with Gasteiger partial charge in [-0.3, -0.25) is 14.4 Å². The number of ketones is 1. The van der Waals surface area contributed by atoms with Crippen LogP contribution >= 0.6 is 0 Å².